The van der Waals surface area contributed by atoms with E-state index in [1.54, 1.807) is 6.20 Å². The first-order valence-electron chi connectivity index (χ1n) is 10.1. The Labute approximate surface area is 173 Å². The molecule has 3 aromatic rings. The molecule has 0 radical (unpaired) electrons. The van der Waals surface area contributed by atoms with Crippen molar-refractivity contribution in [2.45, 2.75) is 44.7 Å². The summed E-state index contributed by atoms with van der Waals surface area (Å²) < 4.78 is 3.93. The number of fused-ring (bicyclic) bond motifs is 1. The van der Waals surface area contributed by atoms with Crippen LogP contribution in [0.2, 0.25) is 0 Å². The first-order valence-corrected chi connectivity index (χ1v) is 10.1. The maximum absolute atomic E-state index is 9.43. The molecule has 0 saturated carbocycles. The fraction of sp³-hybridized carbons (Fsp3) is 0.474. The van der Waals surface area contributed by atoms with E-state index in [1.807, 2.05) is 15.6 Å². The van der Waals surface area contributed by atoms with Crippen molar-refractivity contribution in [1.82, 2.24) is 44.9 Å². The van der Waals surface area contributed by atoms with E-state index in [4.69, 9.17) is 4.98 Å². The number of hydrogen-bond donors (Lipinski definition) is 2. The predicted octanol–water partition coefficient (Wildman–Crippen LogP) is 1.83. The van der Waals surface area contributed by atoms with E-state index in [2.05, 4.69) is 68.0 Å². The van der Waals surface area contributed by atoms with Crippen LogP contribution in [0.3, 0.4) is 0 Å². The van der Waals surface area contributed by atoms with Crippen molar-refractivity contribution in [1.29, 1.82) is 5.26 Å². The molecule has 1 unspecified atom stereocenters. The van der Waals surface area contributed by atoms with Gasteiger partial charge in [0.1, 0.15) is 11.4 Å². The zero-order valence-electron chi connectivity index (χ0n) is 16.9. The Kier molecular flexibility index (Phi) is 4.27. The third kappa shape index (κ3) is 2.92. The SMILES string of the molecule is CCc1cnn(C2(CC#N)CN(C3=CCC(C)n4nc(Nc5cnn[nH]5)nc43)C2)c1. The van der Waals surface area contributed by atoms with Gasteiger partial charge in [0.15, 0.2) is 5.82 Å². The lowest BCUT2D eigenvalue weighted by molar-refractivity contribution is 0.0510. The van der Waals surface area contributed by atoms with Gasteiger partial charge >= 0.3 is 0 Å². The quantitative estimate of drug-likeness (QED) is 0.635. The molecule has 1 atom stereocenters. The largest absolute Gasteiger partial charge is 0.364 e. The zero-order valence-corrected chi connectivity index (χ0v) is 16.9. The summed E-state index contributed by atoms with van der Waals surface area (Å²) in [4.78, 5) is 6.97. The van der Waals surface area contributed by atoms with Gasteiger partial charge in [-0.05, 0) is 25.3 Å². The molecule has 11 nitrogen and oxygen atoms in total. The van der Waals surface area contributed by atoms with E-state index in [1.165, 1.54) is 5.56 Å². The van der Waals surface area contributed by atoms with Gasteiger partial charge < -0.3 is 10.2 Å². The third-order valence-corrected chi connectivity index (χ3v) is 5.84. The van der Waals surface area contributed by atoms with Crippen molar-refractivity contribution in [2.75, 3.05) is 18.4 Å². The van der Waals surface area contributed by atoms with Crippen LogP contribution < -0.4 is 5.32 Å². The van der Waals surface area contributed by atoms with E-state index < -0.39 is 0 Å². The molecule has 30 heavy (non-hydrogen) atoms. The molecule has 5 rings (SSSR count). The lowest BCUT2D eigenvalue weighted by Crippen LogP contribution is -2.62. The lowest BCUT2D eigenvalue weighted by Gasteiger charge is -2.51. The predicted molar refractivity (Wildman–Crippen MR) is 108 cm³/mol. The number of nitriles is 1. The molecule has 0 aliphatic carbocycles. The van der Waals surface area contributed by atoms with Gasteiger partial charge in [-0.25, -0.2) is 9.78 Å². The number of hydrogen-bond acceptors (Lipinski definition) is 8. The number of allylic oxidation sites excluding steroid dienone is 1. The van der Waals surface area contributed by atoms with Gasteiger partial charge in [-0.1, -0.05) is 18.2 Å². The summed E-state index contributed by atoms with van der Waals surface area (Å²) >= 11 is 0. The third-order valence-electron chi connectivity index (χ3n) is 5.84. The van der Waals surface area contributed by atoms with Crippen LogP contribution in [0, 0.1) is 11.3 Å². The molecular weight excluding hydrogens is 382 g/mol. The summed E-state index contributed by atoms with van der Waals surface area (Å²) in [5.74, 6) is 1.96. The maximum Gasteiger partial charge on any atom is 0.248 e. The van der Waals surface area contributed by atoms with Crippen LogP contribution in [0.1, 0.15) is 44.1 Å². The molecular formula is C19H23N11. The number of nitrogens with zero attached hydrogens (tertiary/aromatic N) is 9. The van der Waals surface area contributed by atoms with Gasteiger partial charge in [0.25, 0.3) is 0 Å². The summed E-state index contributed by atoms with van der Waals surface area (Å²) in [7, 11) is 0. The standard InChI is InChI=1S/C19H23N11/c1-3-14-8-22-29(10-14)19(6-7-20)11-28(12-19)15-5-4-13(2)30-17(15)24-18(26-30)23-16-9-21-27-25-16/h5,8-10,13H,3-4,6,11-12H2,1-2H3,(H2,21,23,25,26,27). The minimum atomic E-state index is -0.306. The van der Waals surface area contributed by atoms with E-state index in [-0.39, 0.29) is 11.6 Å². The average molecular weight is 405 g/mol. The second-order valence-electron chi connectivity index (χ2n) is 7.93. The summed E-state index contributed by atoms with van der Waals surface area (Å²) in [6.45, 7) is 5.66. The van der Waals surface area contributed by atoms with Crippen LogP contribution in [-0.4, -0.2) is 57.9 Å². The number of nitrogens with one attached hydrogen (secondary N) is 2. The van der Waals surface area contributed by atoms with Crippen LogP contribution in [-0.2, 0) is 12.0 Å². The second-order valence-corrected chi connectivity index (χ2v) is 7.93. The molecule has 5 heterocycles. The highest BCUT2D eigenvalue weighted by Gasteiger charge is 2.47. The Morgan fingerprint density at radius 2 is 2.23 bits per heavy atom. The number of likely N-dealkylation sites (tertiary alicyclic amines) is 1. The average Bonchev–Trinajstić information content (AvgIpc) is 3.46. The fourth-order valence-electron chi connectivity index (χ4n) is 4.10. The molecule has 1 fully saturated rings. The molecule has 0 bridgehead atoms. The van der Waals surface area contributed by atoms with E-state index in [0.29, 0.717) is 31.3 Å². The number of aromatic nitrogens is 8. The molecule has 3 aromatic heterocycles. The summed E-state index contributed by atoms with van der Waals surface area (Å²) in [5.41, 5.74) is 1.92. The molecule has 11 heteroatoms. The highest BCUT2D eigenvalue weighted by Crippen LogP contribution is 2.40. The van der Waals surface area contributed by atoms with Crippen LogP contribution in [0.4, 0.5) is 11.8 Å². The van der Waals surface area contributed by atoms with Gasteiger partial charge in [-0.15, -0.1) is 10.2 Å². The minimum absolute atomic E-state index is 0.218. The molecule has 0 aromatic carbocycles. The first-order chi connectivity index (χ1) is 14.6. The van der Waals surface area contributed by atoms with Crippen molar-refractivity contribution >= 4 is 17.5 Å². The summed E-state index contributed by atoms with van der Waals surface area (Å²) in [6.07, 6.45) is 9.98. The van der Waals surface area contributed by atoms with Crippen molar-refractivity contribution in [3.8, 4) is 6.07 Å². The number of aromatic amines is 1. The molecule has 2 aliphatic rings. The minimum Gasteiger partial charge on any atom is -0.364 e. The molecule has 154 valence electrons. The Morgan fingerprint density at radius 3 is 2.93 bits per heavy atom. The summed E-state index contributed by atoms with van der Waals surface area (Å²) in [6, 6.07) is 2.57. The normalized spacial score (nSPS) is 19.6. The maximum atomic E-state index is 9.43. The molecule has 0 amide bonds. The second kappa shape index (κ2) is 6.98. The first kappa shape index (κ1) is 18.4. The number of rotatable bonds is 6. The van der Waals surface area contributed by atoms with Gasteiger partial charge in [-0.3, -0.25) is 4.68 Å². The van der Waals surface area contributed by atoms with E-state index in [9.17, 15) is 5.26 Å². The van der Waals surface area contributed by atoms with Crippen molar-refractivity contribution in [3.63, 3.8) is 0 Å². The van der Waals surface area contributed by atoms with Crippen LogP contribution in [0.15, 0.2) is 24.7 Å². The van der Waals surface area contributed by atoms with Gasteiger partial charge in [-0.2, -0.15) is 15.3 Å². The van der Waals surface area contributed by atoms with Gasteiger partial charge in [0.05, 0.1) is 36.6 Å². The van der Waals surface area contributed by atoms with Crippen molar-refractivity contribution in [3.05, 3.63) is 36.1 Å². The highest BCUT2D eigenvalue weighted by atomic mass is 15.5. The zero-order chi connectivity index (χ0) is 20.7. The topological polar surface area (TPSA) is 129 Å². The monoisotopic (exact) mass is 405 g/mol. The number of anilines is 2. The van der Waals surface area contributed by atoms with Gasteiger partial charge in [0.2, 0.25) is 5.95 Å². The Balaban J connectivity index is 1.39. The van der Waals surface area contributed by atoms with Crippen molar-refractivity contribution < 1.29 is 0 Å². The molecule has 0 spiro atoms. The molecule has 2 N–H and O–H groups in total. The van der Waals surface area contributed by atoms with E-state index >= 15 is 0 Å². The van der Waals surface area contributed by atoms with Crippen LogP contribution in [0.5, 0.6) is 0 Å². The Hall–Kier alpha value is -3.68. The smallest absolute Gasteiger partial charge is 0.248 e. The number of H-pyrrole nitrogens is 1. The van der Waals surface area contributed by atoms with Crippen LogP contribution >= 0.6 is 0 Å². The van der Waals surface area contributed by atoms with Crippen LogP contribution in [0.25, 0.3) is 5.70 Å². The van der Waals surface area contributed by atoms with E-state index in [0.717, 1.165) is 24.4 Å². The highest BCUT2D eigenvalue weighted by molar-refractivity contribution is 5.63. The molecule has 1 saturated heterocycles. The molecule has 2 aliphatic heterocycles. The number of aryl methyl sites for hydroxylation is 1. The lowest BCUT2D eigenvalue weighted by atomic mass is 9.85. The Morgan fingerprint density at radius 1 is 1.37 bits per heavy atom. The Bertz CT molecular complexity index is 1110. The van der Waals surface area contributed by atoms with Gasteiger partial charge in [0, 0.05) is 19.3 Å². The summed E-state index contributed by atoms with van der Waals surface area (Å²) in [5, 5.41) is 31.9. The fourth-order valence-corrected chi connectivity index (χ4v) is 4.10. The van der Waals surface area contributed by atoms with Crippen molar-refractivity contribution in [2.24, 2.45) is 0 Å².